The fourth-order valence-corrected chi connectivity index (χ4v) is 3.96. The number of likely N-dealkylation sites (tertiary alicyclic amines) is 1. The molecule has 0 aliphatic carbocycles. The van der Waals surface area contributed by atoms with Crippen LogP contribution in [-0.4, -0.2) is 61.0 Å². The van der Waals surface area contributed by atoms with Gasteiger partial charge in [-0.25, -0.2) is 9.67 Å². The van der Waals surface area contributed by atoms with Gasteiger partial charge in [-0.3, -0.25) is 9.69 Å². The predicted octanol–water partition coefficient (Wildman–Crippen LogP) is 1.89. The summed E-state index contributed by atoms with van der Waals surface area (Å²) in [6.45, 7) is 9.20. The highest BCUT2D eigenvalue weighted by atomic mass is 32.1. The van der Waals surface area contributed by atoms with Crippen molar-refractivity contribution in [3.8, 4) is 0 Å². The van der Waals surface area contributed by atoms with Gasteiger partial charge in [0.05, 0.1) is 12.6 Å². The summed E-state index contributed by atoms with van der Waals surface area (Å²) in [5.74, 6) is 1.51. The topological polar surface area (TPSA) is 80.0 Å². The van der Waals surface area contributed by atoms with Crippen LogP contribution in [0.2, 0.25) is 0 Å². The summed E-state index contributed by atoms with van der Waals surface area (Å²) in [4.78, 5) is 21.2. The fraction of sp³-hybridized carbons (Fsp3) is 0.706. The molecular formula is C17H27N7OS. The molecule has 0 radical (unpaired) electrons. The predicted molar refractivity (Wildman–Crippen MR) is 99.5 cm³/mol. The van der Waals surface area contributed by atoms with Gasteiger partial charge in [-0.1, -0.05) is 6.92 Å². The summed E-state index contributed by atoms with van der Waals surface area (Å²) in [5.41, 5.74) is 0.983. The van der Waals surface area contributed by atoms with Crippen LogP contribution in [-0.2, 0) is 17.9 Å². The van der Waals surface area contributed by atoms with Crippen LogP contribution in [0.4, 0.5) is 0 Å². The quantitative estimate of drug-likeness (QED) is 0.765. The van der Waals surface area contributed by atoms with Crippen LogP contribution in [0.15, 0.2) is 5.38 Å². The maximum Gasteiger partial charge on any atom is 0.244 e. The number of rotatable bonds is 6. The highest BCUT2D eigenvalue weighted by Gasteiger charge is 2.23. The minimum absolute atomic E-state index is 0.0221. The molecule has 2 aromatic heterocycles. The Morgan fingerprint density at radius 2 is 2.15 bits per heavy atom. The van der Waals surface area contributed by atoms with E-state index in [0.29, 0.717) is 6.54 Å². The van der Waals surface area contributed by atoms with Crippen LogP contribution in [0.3, 0.4) is 0 Å². The monoisotopic (exact) mass is 377 g/mol. The summed E-state index contributed by atoms with van der Waals surface area (Å²) >= 11 is 1.58. The second-order valence-electron chi connectivity index (χ2n) is 7.22. The standard InChI is InChI=1S/C17H27N7OS/c1-12-5-7-23(8-6-12)9-15-19-20-21-24(15)10-16(25)22(4)14(3)17-18-13(2)11-26-17/h11-12,14H,5-10H2,1-4H3. The second-order valence-corrected chi connectivity index (χ2v) is 8.11. The molecule has 3 heterocycles. The summed E-state index contributed by atoms with van der Waals surface area (Å²) in [7, 11) is 1.81. The molecule has 26 heavy (non-hydrogen) atoms. The third kappa shape index (κ3) is 4.45. The van der Waals surface area contributed by atoms with E-state index in [1.807, 2.05) is 19.2 Å². The zero-order valence-electron chi connectivity index (χ0n) is 15.9. The van der Waals surface area contributed by atoms with Crippen LogP contribution >= 0.6 is 11.3 Å². The molecule has 1 aliphatic rings. The molecule has 1 fully saturated rings. The minimum atomic E-state index is -0.0651. The van der Waals surface area contributed by atoms with Gasteiger partial charge in [0, 0.05) is 18.1 Å². The molecule has 0 aromatic carbocycles. The highest BCUT2D eigenvalue weighted by molar-refractivity contribution is 7.09. The number of aromatic nitrogens is 5. The molecule has 0 spiro atoms. The van der Waals surface area contributed by atoms with Crippen molar-refractivity contribution in [3.05, 3.63) is 21.9 Å². The molecule has 1 atom stereocenters. The summed E-state index contributed by atoms with van der Waals surface area (Å²) in [5, 5.41) is 14.9. The number of tetrazole rings is 1. The van der Waals surface area contributed by atoms with Crippen molar-refractivity contribution < 1.29 is 4.79 Å². The number of carbonyl (C=O) groups is 1. The smallest absolute Gasteiger partial charge is 0.244 e. The third-order valence-corrected chi connectivity index (χ3v) is 6.23. The molecule has 8 nitrogen and oxygen atoms in total. The van der Waals surface area contributed by atoms with Gasteiger partial charge in [0.2, 0.25) is 5.91 Å². The van der Waals surface area contributed by atoms with Crippen molar-refractivity contribution in [1.82, 2.24) is 35.0 Å². The van der Waals surface area contributed by atoms with Crippen LogP contribution < -0.4 is 0 Å². The summed E-state index contributed by atoms with van der Waals surface area (Å²) in [6.07, 6.45) is 2.40. The van der Waals surface area contributed by atoms with E-state index in [9.17, 15) is 4.79 Å². The van der Waals surface area contributed by atoms with Crippen LogP contribution in [0.25, 0.3) is 0 Å². The zero-order valence-corrected chi connectivity index (χ0v) is 16.7. The second kappa shape index (κ2) is 8.22. The average molecular weight is 378 g/mol. The Morgan fingerprint density at radius 1 is 1.42 bits per heavy atom. The molecule has 0 saturated carbocycles. The van der Waals surface area contributed by atoms with E-state index in [1.165, 1.54) is 12.8 Å². The maximum absolute atomic E-state index is 12.7. The molecule has 0 bridgehead atoms. The Hall–Kier alpha value is -1.87. The Balaban J connectivity index is 1.60. The lowest BCUT2D eigenvalue weighted by Gasteiger charge is -2.29. The van der Waals surface area contributed by atoms with Gasteiger partial charge >= 0.3 is 0 Å². The lowest BCUT2D eigenvalue weighted by molar-refractivity contribution is -0.132. The fourth-order valence-electron chi connectivity index (χ4n) is 3.06. The average Bonchev–Trinajstić information content (AvgIpc) is 3.25. The molecule has 2 aromatic rings. The number of amides is 1. The van der Waals surface area contributed by atoms with Gasteiger partial charge in [-0.05, 0) is 56.1 Å². The Kier molecular flexibility index (Phi) is 5.98. The number of likely N-dealkylation sites (N-methyl/N-ethyl adjacent to an activating group) is 1. The molecule has 1 unspecified atom stereocenters. The van der Waals surface area contributed by atoms with E-state index in [2.05, 4.69) is 32.3 Å². The number of nitrogens with zero attached hydrogens (tertiary/aromatic N) is 7. The number of carbonyl (C=O) groups excluding carboxylic acids is 1. The molecular weight excluding hydrogens is 350 g/mol. The van der Waals surface area contributed by atoms with Gasteiger partial charge in [0.15, 0.2) is 5.82 Å². The van der Waals surface area contributed by atoms with E-state index in [4.69, 9.17) is 0 Å². The summed E-state index contributed by atoms with van der Waals surface area (Å²) < 4.78 is 1.62. The van der Waals surface area contributed by atoms with Crippen molar-refractivity contribution in [1.29, 1.82) is 0 Å². The van der Waals surface area contributed by atoms with Gasteiger partial charge < -0.3 is 4.90 Å². The molecule has 1 aliphatic heterocycles. The molecule has 0 N–H and O–H groups in total. The van der Waals surface area contributed by atoms with Crippen molar-refractivity contribution in [3.63, 3.8) is 0 Å². The normalized spacial score (nSPS) is 17.4. The Morgan fingerprint density at radius 3 is 2.81 bits per heavy atom. The lowest BCUT2D eigenvalue weighted by Crippen LogP contribution is -2.35. The van der Waals surface area contributed by atoms with E-state index >= 15 is 0 Å². The third-order valence-electron chi connectivity index (χ3n) is 5.10. The molecule has 1 amide bonds. The molecule has 3 rings (SSSR count). The largest absolute Gasteiger partial charge is 0.335 e. The Labute approximate surface area is 158 Å². The molecule has 142 valence electrons. The highest BCUT2D eigenvalue weighted by Crippen LogP contribution is 2.23. The number of aryl methyl sites for hydroxylation is 1. The van der Waals surface area contributed by atoms with Crippen molar-refractivity contribution in [2.75, 3.05) is 20.1 Å². The van der Waals surface area contributed by atoms with Crippen LogP contribution in [0, 0.1) is 12.8 Å². The minimum Gasteiger partial charge on any atom is -0.335 e. The van der Waals surface area contributed by atoms with E-state index in [1.54, 1.807) is 28.0 Å². The van der Waals surface area contributed by atoms with Gasteiger partial charge in [-0.15, -0.1) is 16.4 Å². The van der Waals surface area contributed by atoms with E-state index < -0.39 is 0 Å². The SMILES string of the molecule is Cc1csc(C(C)N(C)C(=O)Cn2nnnc2CN2CCC(C)CC2)n1. The number of hydrogen-bond acceptors (Lipinski definition) is 7. The first kappa shape index (κ1) is 18.9. The first-order chi connectivity index (χ1) is 12.4. The Bertz CT molecular complexity index is 735. The van der Waals surface area contributed by atoms with Gasteiger partial charge in [0.25, 0.3) is 0 Å². The molecule has 1 saturated heterocycles. The lowest BCUT2D eigenvalue weighted by atomic mass is 9.99. The van der Waals surface area contributed by atoms with Crippen molar-refractivity contribution in [2.24, 2.45) is 5.92 Å². The van der Waals surface area contributed by atoms with Crippen molar-refractivity contribution >= 4 is 17.2 Å². The maximum atomic E-state index is 12.7. The number of hydrogen-bond donors (Lipinski definition) is 0. The number of thiazole rings is 1. The van der Waals surface area contributed by atoms with E-state index in [0.717, 1.165) is 35.5 Å². The number of piperidine rings is 1. The van der Waals surface area contributed by atoms with Crippen molar-refractivity contribution in [2.45, 2.75) is 52.7 Å². The molecule has 9 heteroatoms. The first-order valence-electron chi connectivity index (χ1n) is 9.09. The first-order valence-corrected chi connectivity index (χ1v) is 9.97. The van der Waals surface area contributed by atoms with E-state index in [-0.39, 0.29) is 18.5 Å². The van der Waals surface area contributed by atoms with Crippen LogP contribution in [0.1, 0.15) is 49.3 Å². The summed E-state index contributed by atoms with van der Waals surface area (Å²) in [6, 6.07) is -0.0651. The zero-order chi connectivity index (χ0) is 18.7. The van der Waals surface area contributed by atoms with Gasteiger partial charge in [0.1, 0.15) is 11.6 Å². The van der Waals surface area contributed by atoms with Crippen LogP contribution in [0.5, 0.6) is 0 Å². The van der Waals surface area contributed by atoms with Gasteiger partial charge in [-0.2, -0.15) is 0 Å².